The maximum Gasteiger partial charge on any atom is 0.708 e. The van der Waals surface area contributed by atoms with Gasteiger partial charge in [-0.15, -0.1) is 0 Å². The van der Waals surface area contributed by atoms with Crippen molar-refractivity contribution in [2.45, 2.75) is 72.3 Å². The Morgan fingerprint density at radius 1 is 0.810 bits per heavy atom. The van der Waals surface area contributed by atoms with Crippen LogP contribution in [0.4, 0.5) is 0 Å². The van der Waals surface area contributed by atoms with Crippen molar-refractivity contribution >= 4 is 26.7 Å². The zero-order valence-corrected chi connectivity index (χ0v) is 14.6. The second-order valence-corrected chi connectivity index (χ2v) is 7.65. The van der Waals surface area contributed by atoms with Crippen molar-refractivity contribution in [1.29, 1.82) is 0 Å². The van der Waals surface area contributed by atoms with Gasteiger partial charge in [0, 0.05) is 20.8 Å². The Kier molecular flexibility index (Phi) is 8.92. The second-order valence-electron chi connectivity index (χ2n) is 5.01. The van der Waals surface area contributed by atoms with Gasteiger partial charge >= 0.3 is 8.80 Å². The summed E-state index contributed by atoms with van der Waals surface area (Å²) in [7, 11) is -3.72. The number of hydrogen-bond acceptors (Lipinski definition) is 6. The van der Waals surface area contributed by atoms with Crippen LogP contribution in [0.5, 0.6) is 0 Å². The first kappa shape index (κ1) is 19.6. The van der Waals surface area contributed by atoms with Gasteiger partial charge in [-0.3, -0.25) is 14.4 Å². The van der Waals surface area contributed by atoms with E-state index in [4.69, 9.17) is 13.3 Å². The average molecular weight is 318 g/mol. The Hall–Kier alpha value is -1.37. The summed E-state index contributed by atoms with van der Waals surface area (Å²) >= 11 is 0. The highest BCUT2D eigenvalue weighted by Gasteiger charge is 2.58. The molecular weight excluding hydrogens is 292 g/mol. The fraction of sp³-hybridized carbons (Fsp3) is 0.786. The SMILES string of the molecule is CCCCC(CCC)[Si](OC(C)=O)(OC(C)=O)OC(C)=O. The lowest BCUT2D eigenvalue weighted by Gasteiger charge is -2.32. The number of carbonyl (C=O) groups is 3. The summed E-state index contributed by atoms with van der Waals surface area (Å²) in [5, 5.41) is 0. The minimum Gasteiger partial charge on any atom is -0.455 e. The van der Waals surface area contributed by atoms with Gasteiger partial charge in [0.1, 0.15) is 0 Å². The predicted octanol–water partition coefficient (Wildman–Crippen LogP) is 2.98. The molecule has 0 aromatic heterocycles. The zero-order valence-electron chi connectivity index (χ0n) is 13.6. The second kappa shape index (κ2) is 9.54. The molecule has 21 heavy (non-hydrogen) atoms. The fourth-order valence-electron chi connectivity index (χ4n) is 2.21. The number of unbranched alkanes of at least 4 members (excludes halogenated alkanes) is 1. The van der Waals surface area contributed by atoms with E-state index in [1.165, 1.54) is 20.8 Å². The summed E-state index contributed by atoms with van der Waals surface area (Å²) in [4.78, 5) is 34.3. The Bertz CT molecular complexity index is 328. The Labute approximate surface area is 127 Å². The van der Waals surface area contributed by atoms with Gasteiger partial charge < -0.3 is 13.3 Å². The topological polar surface area (TPSA) is 78.9 Å². The largest absolute Gasteiger partial charge is 0.708 e. The standard InChI is InChI=1S/C14H26O6Si/c1-6-8-10-14(9-7-2)21(18-11(3)15,19-12(4)16)20-13(5)17/h14H,6-10H2,1-5H3. The van der Waals surface area contributed by atoms with E-state index in [-0.39, 0.29) is 5.54 Å². The molecule has 0 saturated heterocycles. The van der Waals surface area contributed by atoms with Gasteiger partial charge in [-0.25, -0.2) is 0 Å². The van der Waals surface area contributed by atoms with E-state index in [1.54, 1.807) is 0 Å². The van der Waals surface area contributed by atoms with Crippen LogP contribution in [0.25, 0.3) is 0 Å². The molecule has 7 heteroatoms. The van der Waals surface area contributed by atoms with Crippen LogP contribution in [-0.4, -0.2) is 26.7 Å². The molecule has 1 unspecified atom stereocenters. The van der Waals surface area contributed by atoms with Gasteiger partial charge in [-0.1, -0.05) is 33.1 Å². The lowest BCUT2D eigenvalue weighted by atomic mass is 10.1. The van der Waals surface area contributed by atoms with Crippen molar-refractivity contribution in [2.75, 3.05) is 0 Å². The monoisotopic (exact) mass is 318 g/mol. The molecule has 0 N–H and O–H groups in total. The zero-order chi connectivity index (χ0) is 16.5. The first-order valence-corrected chi connectivity index (χ1v) is 9.16. The average Bonchev–Trinajstić information content (AvgIpc) is 2.31. The molecule has 0 aromatic rings. The molecule has 0 aliphatic carbocycles. The van der Waals surface area contributed by atoms with Gasteiger partial charge in [0.15, 0.2) is 0 Å². The van der Waals surface area contributed by atoms with Crippen molar-refractivity contribution < 1.29 is 27.7 Å². The molecule has 1 atom stereocenters. The van der Waals surface area contributed by atoms with Crippen LogP contribution in [0.1, 0.15) is 66.7 Å². The third-order valence-electron chi connectivity index (χ3n) is 2.90. The number of carbonyl (C=O) groups excluding carboxylic acids is 3. The van der Waals surface area contributed by atoms with E-state index < -0.39 is 26.7 Å². The lowest BCUT2D eigenvalue weighted by Crippen LogP contribution is -2.53. The van der Waals surface area contributed by atoms with Gasteiger partial charge in [0.25, 0.3) is 17.9 Å². The van der Waals surface area contributed by atoms with Gasteiger partial charge in [0.2, 0.25) is 0 Å². The minimum atomic E-state index is -3.72. The van der Waals surface area contributed by atoms with E-state index in [1.807, 2.05) is 13.8 Å². The molecule has 0 rings (SSSR count). The van der Waals surface area contributed by atoms with E-state index in [2.05, 4.69) is 0 Å². The molecule has 0 aliphatic rings. The van der Waals surface area contributed by atoms with Crippen molar-refractivity contribution in [3.05, 3.63) is 0 Å². The molecule has 0 heterocycles. The molecule has 122 valence electrons. The molecule has 0 saturated carbocycles. The van der Waals surface area contributed by atoms with Gasteiger partial charge in [-0.05, 0) is 12.8 Å². The Balaban J connectivity index is 5.55. The summed E-state index contributed by atoms with van der Waals surface area (Å²) in [5.74, 6) is -1.83. The molecule has 0 spiro atoms. The maximum atomic E-state index is 11.4. The molecule has 0 fully saturated rings. The number of rotatable bonds is 9. The first-order valence-electron chi connectivity index (χ1n) is 7.36. The number of hydrogen-bond donors (Lipinski definition) is 0. The molecule has 0 amide bonds. The highest BCUT2D eigenvalue weighted by molar-refractivity contribution is 6.67. The highest BCUT2D eigenvalue weighted by atomic mass is 28.4. The minimum absolute atomic E-state index is 0.251. The van der Waals surface area contributed by atoms with Crippen molar-refractivity contribution in [2.24, 2.45) is 0 Å². The summed E-state index contributed by atoms with van der Waals surface area (Å²) in [6, 6.07) is 0. The van der Waals surface area contributed by atoms with Crippen molar-refractivity contribution in [1.82, 2.24) is 0 Å². The van der Waals surface area contributed by atoms with Crippen molar-refractivity contribution in [3.8, 4) is 0 Å². The van der Waals surface area contributed by atoms with E-state index in [0.29, 0.717) is 12.8 Å². The molecule has 0 bridgehead atoms. The smallest absolute Gasteiger partial charge is 0.455 e. The molecule has 0 radical (unpaired) electrons. The Morgan fingerprint density at radius 2 is 1.24 bits per heavy atom. The molecule has 0 aliphatic heterocycles. The quantitative estimate of drug-likeness (QED) is 0.608. The van der Waals surface area contributed by atoms with Crippen LogP contribution in [0.3, 0.4) is 0 Å². The molecule has 0 aromatic carbocycles. The fourth-order valence-corrected chi connectivity index (χ4v) is 5.24. The van der Waals surface area contributed by atoms with Crippen LogP contribution in [0.15, 0.2) is 0 Å². The molecule has 6 nitrogen and oxygen atoms in total. The summed E-state index contributed by atoms with van der Waals surface area (Å²) < 4.78 is 15.9. The third-order valence-corrected chi connectivity index (χ3v) is 6.19. The van der Waals surface area contributed by atoms with E-state index in [9.17, 15) is 14.4 Å². The predicted molar refractivity (Wildman–Crippen MR) is 79.2 cm³/mol. The van der Waals surface area contributed by atoms with Crippen molar-refractivity contribution in [3.63, 3.8) is 0 Å². The normalized spacial score (nSPS) is 12.4. The summed E-state index contributed by atoms with van der Waals surface area (Å²) in [6.07, 6.45) is 3.99. The highest BCUT2D eigenvalue weighted by Crippen LogP contribution is 2.35. The van der Waals surface area contributed by atoms with Crippen LogP contribution in [0, 0.1) is 0 Å². The van der Waals surface area contributed by atoms with E-state index >= 15 is 0 Å². The molecular formula is C14H26O6Si. The van der Waals surface area contributed by atoms with Gasteiger partial charge in [0.05, 0.1) is 5.54 Å². The third kappa shape index (κ3) is 7.26. The Morgan fingerprint density at radius 3 is 1.52 bits per heavy atom. The summed E-state index contributed by atoms with van der Waals surface area (Å²) in [5.41, 5.74) is -0.251. The van der Waals surface area contributed by atoms with E-state index in [0.717, 1.165) is 19.3 Å². The van der Waals surface area contributed by atoms with Gasteiger partial charge in [-0.2, -0.15) is 0 Å². The van der Waals surface area contributed by atoms with Crippen LogP contribution < -0.4 is 0 Å². The maximum absolute atomic E-state index is 11.4. The van der Waals surface area contributed by atoms with Crippen LogP contribution >= 0.6 is 0 Å². The van der Waals surface area contributed by atoms with Crippen LogP contribution in [0.2, 0.25) is 5.54 Å². The first-order chi connectivity index (χ1) is 9.77. The summed E-state index contributed by atoms with van der Waals surface area (Å²) in [6.45, 7) is 7.68. The lowest BCUT2D eigenvalue weighted by molar-refractivity contribution is -0.148. The van der Waals surface area contributed by atoms with Crippen LogP contribution in [-0.2, 0) is 27.7 Å².